The zero-order valence-electron chi connectivity index (χ0n) is 12.8. The number of amides is 2. The van der Waals surface area contributed by atoms with Crippen molar-refractivity contribution < 1.29 is 18.0 Å². The Bertz CT molecular complexity index is 680. The number of aromatic nitrogens is 1. The summed E-state index contributed by atoms with van der Waals surface area (Å²) < 4.78 is 37.1. The van der Waals surface area contributed by atoms with Crippen molar-refractivity contribution in [3.63, 3.8) is 0 Å². The van der Waals surface area contributed by atoms with Crippen LogP contribution < -0.4 is 10.6 Å². The van der Waals surface area contributed by atoms with E-state index in [1.54, 1.807) is 49.6 Å². The number of halogens is 3. The molecule has 1 unspecified atom stereocenters. The molecule has 1 heterocycles. The van der Waals surface area contributed by atoms with Gasteiger partial charge in [0.2, 0.25) is 0 Å². The highest BCUT2D eigenvalue weighted by atomic mass is 32.2. The number of rotatable bonds is 5. The number of benzene rings is 1. The first kappa shape index (κ1) is 18.1. The van der Waals surface area contributed by atoms with Crippen LogP contribution in [-0.4, -0.2) is 22.9 Å². The van der Waals surface area contributed by atoms with Crippen LogP contribution in [0, 0.1) is 0 Å². The van der Waals surface area contributed by atoms with Crippen LogP contribution in [0.1, 0.15) is 18.5 Å². The predicted molar refractivity (Wildman–Crippen MR) is 88.0 cm³/mol. The average Bonchev–Trinajstić information content (AvgIpc) is 2.54. The first-order chi connectivity index (χ1) is 11.3. The molecule has 0 saturated carbocycles. The van der Waals surface area contributed by atoms with Gasteiger partial charge in [0.05, 0.1) is 17.5 Å². The lowest BCUT2D eigenvalue weighted by Gasteiger charge is -2.16. The highest BCUT2D eigenvalue weighted by Gasteiger charge is 2.27. The molecule has 0 saturated heterocycles. The van der Waals surface area contributed by atoms with Gasteiger partial charge >= 0.3 is 12.2 Å². The summed E-state index contributed by atoms with van der Waals surface area (Å²) in [5.41, 5.74) is 1.21. The van der Waals surface area contributed by atoms with E-state index in [1.165, 1.54) is 6.07 Å². The van der Waals surface area contributed by atoms with Crippen LogP contribution in [0.2, 0.25) is 0 Å². The second kappa shape index (κ2) is 8.05. The van der Waals surface area contributed by atoms with Crippen molar-refractivity contribution in [3.05, 3.63) is 54.4 Å². The number of nitrogens with zero attached hydrogens (tertiary/aromatic N) is 1. The van der Waals surface area contributed by atoms with Gasteiger partial charge in [-0.05, 0) is 36.8 Å². The summed E-state index contributed by atoms with van der Waals surface area (Å²) >= 11 is 0.635. The van der Waals surface area contributed by atoms with Crippen molar-refractivity contribution in [2.24, 2.45) is 0 Å². The van der Waals surface area contributed by atoms with Crippen molar-refractivity contribution in [1.82, 2.24) is 10.3 Å². The Morgan fingerprint density at radius 1 is 1.21 bits per heavy atom. The van der Waals surface area contributed by atoms with Crippen molar-refractivity contribution in [1.29, 1.82) is 0 Å². The van der Waals surface area contributed by atoms with Gasteiger partial charge in [0, 0.05) is 17.3 Å². The molecule has 2 amide bonds. The van der Waals surface area contributed by atoms with Crippen LogP contribution in [0.3, 0.4) is 0 Å². The quantitative estimate of drug-likeness (QED) is 0.770. The maximum Gasteiger partial charge on any atom is 0.398 e. The van der Waals surface area contributed by atoms with E-state index in [4.69, 9.17) is 0 Å². The van der Waals surface area contributed by atoms with Gasteiger partial charge in [-0.1, -0.05) is 12.1 Å². The normalized spacial score (nSPS) is 12.5. The summed E-state index contributed by atoms with van der Waals surface area (Å²) in [7, 11) is 0. The molecule has 0 fully saturated rings. The largest absolute Gasteiger partial charge is 0.398 e. The van der Waals surface area contributed by atoms with Gasteiger partial charge in [-0.3, -0.25) is 4.98 Å². The number of carbonyl (C=O) groups is 1. The molecule has 1 aromatic carbocycles. The SMILES string of the molecule is CC(NC(=O)Nc1ccccc1SCC(F)(F)F)c1ccncc1. The molecule has 4 nitrogen and oxygen atoms in total. The van der Waals surface area contributed by atoms with Gasteiger partial charge < -0.3 is 10.6 Å². The Morgan fingerprint density at radius 3 is 2.54 bits per heavy atom. The lowest BCUT2D eigenvalue weighted by Crippen LogP contribution is -2.31. The molecule has 2 aromatic rings. The monoisotopic (exact) mass is 355 g/mol. The van der Waals surface area contributed by atoms with E-state index in [9.17, 15) is 18.0 Å². The molecule has 0 spiro atoms. The maximum atomic E-state index is 12.4. The van der Waals surface area contributed by atoms with Crippen LogP contribution in [-0.2, 0) is 0 Å². The fourth-order valence-electron chi connectivity index (χ4n) is 1.95. The fourth-order valence-corrected chi connectivity index (χ4v) is 2.71. The standard InChI is InChI=1S/C16H16F3N3OS/c1-11(12-6-8-20-9-7-12)21-15(23)22-13-4-2-3-5-14(13)24-10-16(17,18)19/h2-9,11H,10H2,1H3,(H2,21,22,23). The van der Waals surface area contributed by atoms with Crippen LogP contribution in [0.15, 0.2) is 53.7 Å². The second-order valence-corrected chi connectivity index (χ2v) is 6.02. The van der Waals surface area contributed by atoms with Crippen molar-refractivity contribution >= 4 is 23.5 Å². The first-order valence-electron chi connectivity index (χ1n) is 7.11. The average molecular weight is 355 g/mol. The van der Waals surface area contributed by atoms with Crippen LogP contribution in [0.5, 0.6) is 0 Å². The lowest BCUT2D eigenvalue weighted by molar-refractivity contribution is -0.105. The molecular weight excluding hydrogens is 339 g/mol. The zero-order chi connectivity index (χ0) is 17.6. The number of urea groups is 1. The van der Waals surface area contributed by atoms with Crippen molar-refractivity contribution in [3.8, 4) is 0 Å². The van der Waals surface area contributed by atoms with Gasteiger partial charge in [0.1, 0.15) is 0 Å². The van der Waals surface area contributed by atoms with Crippen LogP contribution in [0.4, 0.5) is 23.7 Å². The molecule has 0 aliphatic carbocycles. The number of thioether (sulfide) groups is 1. The third-order valence-electron chi connectivity index (χ3n) is 3.08. The number of anilines is 1. The van der Waals surface area contributed by atoms with Gasteiger partial charge in [0.25, 0.3) is 0 Å². The number of nitrogens with one attached hydrogen (secondary N) is 2. The van der Waals surface area contributed by atoms with Crippen LogP contribution >= 0.6 is 11.8 Å². The zero-order valence-corrected chi connectivity index (χ0v) is 13.6. The molecule has 0 aliphatic rings. The first-order valence-corrected chi connectivity index (χ1v) is 8.10. The van der Waals surface area contributed by atoms with E-state index >= 15 is 0 Å². The topological polar surface area (TPSA) is 54.0 Å². The molecule has 2 N–H and O–H groups in total. The van der Waals surface area contributed by atoms with Crippen molar-refractivity contribution in [2.45, 2.75) is 24.0 Å². The van der Waals surface area contributed by atoms with E-state index in [1.807, 2.05) is 0 Å². The molecule has 0 aliphatic heterocycles. The minimum Gasteiger partial charge on any atom is -0.331 e. The predicted octanol–water partition coefficient (Wildman–Crippen LogP) is 4.62. The summed E-state index contributed by atoms with van der Waals surface area (Å²) in [6.45, 7) is 1.80. The number of carbonyl (C=O) groups excluding carboxylic acids is 1. The van der Waals surface area contributed by atoms with E-state index in [-0.39, 0.29) is 6.04 Å². The minimum absolute atomic E-state index is 0.261. The summed E-state index contributed by atoms with van der Waals surface area (Å²) in [4.78, 5) is 16.3. The number of hydrogen-bond donors (Lipinski definition) is 2. The molecule has 8 heteroatoms. The summed E-state index contributed by atoms with van der Waals surface area (Å²) in [6.07, 6.45) is -1.03. The van der Waals surface area contributed by atoms with E-state index < -0.39 is 18.0 Å². The van der Waals surface area contributed by atoms with Crippen LogP contribution in [0.25, 0.3) is 0 Å². The molecule has 2 rings (SSSR count). The smallest absolute Gasteiger partial charge is 0.331 e. The van der Waals surface area contributed by atoms with E-state index in [2.05, 4.69) is 15.6 Å². The summed E-state index contributed by atoms with van der Waals surface area (Å²) in [5, 5.41) is 5.33. The molecule has 1 atom stereocenters. The van der Waals surface area contributed by atoms with Gasteiger partial charge in [-0.2, -0.15) is 13.2 Å². The highest BCUT2D eigenvalue weighted by Crippen LogP contribution is 2.32. The Hall–Kier alpha value is -2.22. The Morgan fingerprint density at radius 2 is 1.88 bits per heavy atom. The molecule has 0 bridgehead atoms. The van der Waals surface area contributed by atoms with E-state index in [0.717, 1.165) is 5.56 Å². The Labute approximate surface area is 141 Å². The van der Waals surface area contributed by atoms with Crippen molar-refractivity contribution in [2.75, 3.05) is 11.1 Å². The number of para-hydroxylation sites is 1. The van der Waals surface area contributed by atoms with Gasteiger partial charge in [-0.15, -0.1) is 11.8 Å². The van der Waals surface area contributed by atoms with E-state index in [0.29, 0.717) is 22.3 Å². The molecule has 0 radical (unpaired) electrons. The molecule has 24 heavy (non-hydrogen) atoms. The Kier molecular flexibility index (Phi) is 6.08. The Balaban J connectivity index is 1.99. The number of hydrogen-bond acceptors (Lipinski definition) is 3. The summed E-state index contributed by atoms with van der Waals surface area (Å²) in [6, 6.07) is 9.19. The van der Waals surface area contributed by atoms with Gasteiger partial charge in [-0.25, -0.2) is 4.79 Å². The fraction of sp³-hybridized carbons (Fsp3) is 0.250. The number of pyridine rings is 1. The molecular formula is C16H16F3N3OS. The second-order valence-electron chi connectivity index (χ2n) is 5.00. The van der Waals surface area contributed by atoms with Gasteiger partial charge in [0.15, 0.2) is 0 Å². The minimum atomic E-state index is -4.27. The highest BCUT2D eigenvalue weighted by molar-refractivity contribution is 7.99. The summed E-state index contributed by atoms with van der Waals surface area (Å²) in [5.74, 6) is -1.01. The maximum absolute atomic E-state index is 12.4. The molecule has 128 valence electrons. The third-order valence-corrected chi connectivity index (χ3v) is 4.22. The lowest BCUT2D eigenvalue weighted by atomic mass is 10.1. The third kappa shape index (κ3) is 5.77. The number of alkyl halides is 3. The molecule has 1 aromatic heterocycles.